The zero-order valence-corrected chi connectivity index (χ0v) is 13.0. The third-order valence-electron chi connectivity index (χ3n) is 4.81. The Morgan fingerprint density at radius 1 is 1.52 bits per heavy atom. The molecule has 1 aromatic rings. The summed E-state index contributed by atoms with van der Waals surface area (Å²) in [6, 6.07) is 1.61. The Kier molecular flexibility index (Phi) is 4.33. The maximum atomic E-state index is 12.0. The zero-order valence-electron chi connectivity index (χ0n) is 12.2. The highest BCUT2D eigenvalue weighted by Gasteiger charge is 2.42. The molecule has 0 saturated heterocycles. The lowest BCUT2D eigenvalue weighted by atomic mass is 9.84. The van der Waals surface area contributed by atoms with Gasteiger partial charge in [-0.1, -0.05) is 18.2 Å². The topological polar surface area (TPSA) is 74.8 Å². The third kappa shape index (κ3) is 3.48. The Balaban J connectivity index is 1.47. The molecular weight excluding hydrogens is 286 g/mol. The van der Waals surface area contributed by atoms with Gasteiger partial charge in [0.2, 0.25) is 5.91 Å². The molecule has 2 saturated carbocycles. The monoisotopic (exact) mass is 307 g/mol. The third-order valence-corrected chi connectivity index (χ3v) is 5.70. The molecule has 2 aliphatic carbocycles. The van der Waals surface area contributed by atoms with Crippen LogP contribution in [-0.2, 0) is 4.79 Å². The molecule has 2 bridgehead atoms. The van der Waals surface area contributed by atoms with E-state index in [1.54, 1.807) is 0 Å². The van der Waals surface area contributed by atoms with Gasteiger partial charge in [-0.2, -0.15) is 0 Å². The van der Waals surface area contributed by atoms with Gasteiger partial charge in [0.15, 0.2) is 5.16 Å². The van der Waals surface area contributed by atoms with Gasteiger partial charge >= 0.3 is 0 Å². The molecule has 2 N–H and O–H groups in total. The summed E-state index contributed by atoms with van der Waals surface area (Å²) in [7, 11) is 0. The number of aromatic amines is 1. The predicted molar refractivity (Wildman–Crippen MR) is 82.1 cm³/mol. The first-order valence-corrected chi connectivity index (χ1v) is 8.58. The number of rotatable bonds is 5. The highest BCUT2D eigenvalue weighted by molar-refractivity contribution is 7.99. The normalized spacial score (nSPS) is 28.5. The molecule has 0 unspecified atom stereocenters. The van der Waals surface area contributed by atoms with E-state index in [1.165, 1.54) is 49.7 Å². The van der Waals surface area contributed by atoms with E-state index in [9.17, 15) is 9.59 Å². The van der Waals surface area contributed by atoms with Crippen molar-refractivity contribution in [1.29, 1.82) is 0 Å². The smallest absolute Gasteiger partial charge is 0.251 e. The van der Waals surface area contributed by atoms with Crippen LogP contribution in [0.4, 0.5) is 0 Å². The van der Waals surface area contributed by atoms with E-state index in [0.29, 0.717) is 11.1 Å². The summed E-state index contributed by atoms with van der Waals surface area (Å²) >= 11 is 1.26. The molecule has 4 atom stereocenters. The summed E-state index contributed by atoms with van der Waals surface area (Å²) < 4.78 is 0. The van der Waals surface area contributed by atoms with Crippen molar-refractivity contribution >= 4 is 17.7 Å². The SMILES string of the molecule is C[C@H](NC(=O)CSc1nccc(=O)[nH]1)[C@H]1C[C@@H]2CC[C@H]1C2. The number of carbonyl (C=O) groups is 1. The highest BCUT2D eigenvalue weighted by atomic mass is 32.2. The Morgan fingerprint density at radius 2 is 2.38 bits per heavy atom. The summed E-state index contributed by atoms with van der Waals surface area (Å²) in [6.45, 7) is 2.12. The second-order valence-electron chi connectivity index (χ2n) is 6.22. The lowest BCUT2D eigenvalue weighted by Crippen LogP contribution is -2.40. The van der Waals surface area contributed by atoms with E-state index in [2.05, 4.69) is 22.2 Å². The van der Waals surface area contributed by atoms with Gasteiger partial charge in [0.05, 0.1) is 5.75 Å². The summed E-state index contributed by atoms with van der Waals surface area (Å²) in [5.41, 5.74) is -0.191. The predicted octanol–water partition coefficient (Wildman–Crippen LogP) is 1.80. The Morgan fingerprint density at radius 3 is 3.05 bits per heavy atom. The maximum Gasteiger partial charge on any atom is 0.251 e. The average molecular weight is 307 g/mol. The summed E-state index contributed by atoms with van der Waals surface area (Å²) in [4.78, 5) is 29.8. The zero-order chi connectivity index (χ0) is 14.8. The van der Waals surface area contributed by atoms with E-state index in [1.807, 2.05) is 0 Å². The van der Waals surface area contributed by atoms with Crippen molar-refractivity contribution in [2.45, 2.75) is 43.8 Å². The summed E-state index contributed by atoms with van der Waals surface area (Å²) in [5, 5.41) is 3.60. The molecule has 0 aliphatic heterocycles. The summed E-state index contributed by atoms with van der Waals surface area (Å²) in [6.07, 6.45) is 6.79. The van der Waals surface area contributed by atoms with Crippen molar-refractivity contribution in [1.82, 2.24) is 15.3 Å². The number of nitrogens with zero attached hydrogens (tertiary/aromatic N) is 1. The molecule has 21 heavy (non-hydrogen) atoms. The van der Waals surface area contributed by atoms with Crippen molar-refractivity contribution in [3.8, 4) is 0 Å². The van der Waals surface area contributed by atoms with E-state index in [4.69, 9.17) is 0 Å². The van der Waals surface area contributed by atoms with E-state index in [0.717, 1.165) is 11.8 Å². The van der Waals surface area contributed by atoms with E-state index >= 15 is 0 Å². The molecule has 6 heteroatoms. The van der Waals surface area contributed by atoms with Crippen LogP contribution in [-0.4, -0.2) is 27.7 Å². The van der Waals surface area contributed by atoms with Crippen LogP contribution in [0.1, 0.15) is 32.6 Å². The number of thioether (sulfide) groups is 1. The van der Waals surface area contributed by atoms with Gasteiger partial charge in [-0.15, -0.1) is 0 Å². The van der Waals surface area contributed by atoms with Crippen molar-refractivity contribution in [3.63, 3.8) is 0 Å². The molecule has 3 rings (SSSR count). The van der Waals surface area contributed by atoms with Crippen molar-refractivity contribution < 1.29 is 4.79 Å². The van der Waals surface area contributed by atoms with Crippen LogP contribution in [0.3, 0.4) is 0 Å². The number of nitrogens with one attached hydrogen (secondary N) is 2. The molecule has 0 radical (unpaired) electrons. The molecule has 1 amide bonds. The van der Waals surface area contributed by atoms with Crippen LogP contribution in [0.5, 0.6) is 0 Å². The molecule has 0 aromatic carbocycles. The second kappa shape index (κ2) is 6.22. The Bertz CT molecular complexity index is 574. The lowest BCUT2D eigenvalue weighted by Gasteiger charge is -2.28. The van der Waals surface area contributed by atoms with Crippen LogP contribution >= 0.6 is 11.8 Å². The molecule has 1 heterocycles. The molecule has 0 spiro atoms. The number of aromatic nitrogens is 2. The molecular formula is C15H21N3O2S. The van der Waals surface area contributed by atoms with Crippen LogP contribution in [0.25, 0.3) is 0 Å². The van der Waals surface area contributed by atoms with Crippen molar-refractivity contribution in [2.24, 2.45) is 17.8 Å². The van der Waals surface area contributed by atoms with Crippen LogP contribution in [0.2, 0.25) is 0 Å². The molecule has 5 nitrogen and oxygen atoms in total. The van der Waals surface area contributed by atoms with Crippen LogP contribution in [0.15, 0.2) is 22.2 Å². The average Bonchev–Trinajstić information content (AvgIpc) is 3.08. The first kappa shape index (κ1) is 14.6. The number of hydrogen-bond acceptors (Lipinski definition) is 4. The molecule has 2 fully saturated rings. The highest BCUT2D eigenvalue weighted by Crippen LogP contribution is 2.49. The largest absolute Gasteiger partial charge is 0.353 e. The fraction of sp³-hybridized carbons (Fsp3) is 0.667. The lowest BCUT2D eigenvalue weighted by molar-refractivity contribution is -0.119. The quantitative estimate of drug-likeness (QED) is 0.642. The van der Waals surface area contributed by atoms with Crippen LogP contribution in [0, 0.1) is 17.8 Å². The van der Waals surface area contributed by atoms with Gasteiger partial charge in [-0.25, -0.2) is 4.98 Å². The standard InChI is InChI=1S/C15H21N3O2S/c1-9(12-7-10-2-3-11(12)6-10)17-14(20)8-21-15-16-5-4-13(19)18-15/h4-5,9-12H,2-3,6-8H2,1H3,(H,17,20)(H,16,18,19)/t9-,10+,11-,12+/m0/s1. The number of carbonyl (C=O) groups excluding carboxylic acids is 1. The van der Waals surface area contributed by atoms with Gasteiger partial charge in [-0.3, -0.25) is 9.59 Å². The van der Waals surface area contributed by atoms with Gasteiger partial charge in [0.1, 0.15) is 0 Å². The fourth-order valence-corrected chi connectivity index (χ4v) is 4.53. The van der Waals surface area contributed by atoms with Gasteiger partial charge in [0, 0.05) is 18.3 Å². The van der Waals surface area contributed by atoms with E-state index < -0.39 is 0 Å². The minimum Gasteiger partial charge on any atom is -0.353 e. The number of amides is 1. The molecule has 2 aliphatic rings. The minimum absolute atomic E-state index is 0.0155. The Labute approximate surface area is 128 Å². The first-order chi connectivity index (χ1) is 10.1. The maximum absolute atomic E-state index is 12.0. The first-order valence-electron chi connectivity index (χ1n) is 7.59. The Hall–Kier alpha value is -1.30. The van der Waals surface area contributed by atoms with Crippen LogP contribution < -0.4 is 10.9 Å². The molecule has 1 aromatic heterocycles. The number of hydrogen-bond donors (Lipinski definition) is 2. The molecule has 114 valence electrons. The number of H-pyrrole nitrogens is 1. The number of fused-ring (bicyclic) bond motifs is 2. The van der Waals surface area contributed by atoms with Gasteiger partial charge in [0.25, 0.3) is 5.56 Å². The fourth-order valence-electron chi connectivity index (χ4n) is 3.87. The van der Waals surface area contributed by atoms with Crippen molar-refractivity contribution in [3.05, 3.63) is 22.6 Å². The summed E-state index contributed by atoms with van der Waals surface area (Å²) in [5.74, 6) is 2.66. The van der Waals surface area contributed by atoms with Crippen molar-refractivity contribution in [2.75, 3.05) is 5.75 Å². The van der Waals surface area contributed by atoms with E-state index in [-0.39, 0.29) is 23.3 Å². The van der Waals surface area contributed by atoms with Gasteiger partial charge < -0.3 is 10.3 Å². The minimum atomic E-state index is -0.191. The van der Waals surface area contributed by atoms with Gasteiger partial charge in [-0.05, 0) is 43.9 Å². The second-order valence-corrected chi connectivity index (χ2v) is 7.19.